The molecule has 3 heterocycles. The molecule has 172 valence electrons. The molecule has 3 N–H and O–H groups in total. The Balaban J connectivity index is 1.44. The summed E-state index contributed by atoms with van der Waals surface area (Å²) in [4.78, 5) is 23.9. The Labute approximate surface area is 198 Å². The molecule has 8 nitrogen and oxygen atoms in total. The van der Waals surface area contributed by atoms with E-state index in [2.05, 4.69) is 39.6 Å². The van der Waals surface area contributed by atoms with Crippen LogP contribution in [0.3, 0.4) is 0 Å². The molecule has 2 aromatic carbocycles. The number of nitrogens with one attached hydrogen (secondary N) is 1. The van der Waals surface area contributed by atoms with E-state index in [1.807, 2.05) is 36.4 Å². The van der Waals surface area contributed by atoms with Crippen LogP contribution in [-0.2, 0) is 13.6 Å². The molecule has 0 aliphatic carbocycles. The summed E-state index contributed by atoms with van der Waals surface area (Å²) in [6.07, 6.45) is 0.988. The normalized spacial score (nSPS) is 16.0. The molecule has 1 saturated heterocycles. The van der Waals surface area contributed by atoms with Crippen LogP contribution >= 0.6 is 0 Å². The van der Waals surface area contributed by atoms with Crippen molar-refractivity contribution < 1.29 is 0 Å². The Morgan fingerprint density at radius 3 is 2.44 bits per heavy atom. The number of nitrogens with two attached hydrogens (primary N) is 1. The van der Waals surface area contributed by atoms with Crippen molar-refractivity contribution >= 4 is 11.6 Å². The van der Waals surface area contributed by atoms with Gasteiger partial charge in [0.2, 0.25) is 0 Å². The minimum atomic E-state index is -0.184. The van der Waals surface area contributed by atoms with Crippen molar-refractivity contribution in [2.45, 2.75) is 19.0 Å². The molecule has 34 heavy (non-hydrogen) atoms. The topological polar surface area (TPSA) is 102 Å². The first kappa shape index (κ1) is 21.8. The SMILES string of the molecule is Cn1nc(-c2nc(NC3CCN(Cc4ccccc4)C3)c(N)nc2-c2ccccc2)ccc1=O. The third kappa shape index (κ3) is 4.67. The summed E-state index contributed by atoms with van der Waals surface area (Å²) in [5.41, 5.74) is 10.1. The molecule has 1 fully saturated rings. The lowest BCUT2D eigenvalue weighted by molar-refractivity contribution is 0.328. The van der Waals surface area contributed by atoms with Crippen LogP contribution < -0.4 is 16.6 Å². The van der Waals surface area contributed by atoms with Gasteiger partial charge in [-0.25, -0.2) is 14.6 Å². The number of aryl methyl sites for hydroxylation is 1. The molecule has 0 saturated carbocycles. The molecule has 0 bridgehead atoms. The second-order valence-corrected chi connectivity index (χ2v) is 8.55. The third-order valence-corrected chi connectivity index (χ3v) is 6.04. The van der Waals surface area contributed by atoms with Gasteiger partial charge in [-0.3, -0.25) is 9.69 Å². The van der Waals surface area contributed by atoms with Gasteiger partial charge in [-0.15, -0.1) is 0 Å². The Kier molecular flexibility index (Phi) is 6.05. The van der Waals surface area contributed by atoms with E-state index in [9.17, 15) is 4.79 Å². The lowest BCUT2D eigenvalue weighted by Crippen LogP contribution is -2.27. The predicted octanol–water partition coefficient (Wildman–Crippen LogP) is 3.17. The van der Waals surface area contributed by atoms with E-state index in [4.69, 9.17) is 15.7 Å². The van der Waals surface area contributed by atoms with E-state index in [1.165, 1.54) is 16.3 Å². The molecule has 5 rings (SSSR count). The summed E-state index contributed by atoms with van der Waals surface area (Å²) in [7, 11) is 1.62. The lowest BCUT2D eigenvalue weighted by atomic mass is 10.1. The van der Waals surface area contributed by atoms with E-state index in [-0.39, 0.29) is 11.6 Å². The van der Waals surface area contributed by atoms with Crippen molar-refractivity contribution in [3.63, 3.8) is 0 Å². The highest BCUT2D eigenvalue weighted by Gasteiger charge is 2.25. The molecular formula is C26H27N7O. The van der Waals surface area contributed by atoms with Crippen molar-refractivity contribution in [1.82, 2.24) is 24.6 Å². The molecule has 8 heteroatoms. The zero-order chi connectivity index (χ0) is 23.5. The van der Waals surface area contributed by atoms with Gasteiger partial charge < -0.3 is 11.1 Å². The molecule has 0 radical (unpaired) electrons. The van der Waals surface area contributed by atoms with Crippen molar-refractivity contribution in [1.29, 1.82) is 0 Å². The van der Waals surface area contributed by atoms with Gasteiger partial charge in [-0.05, 0) is 18.1 Å². The fraction of sp³-hybridized carbons (Fsp3) is 0.231. The van der Waals surface area contributed by atoms with E-state index in [0.29, 0.717) is 28.7 Å². The zero-order valence-corrected chi connectivity index (χ0v) is 19.1. The summed E-state index contributed by atoms with van der Waals surface area (Å²) in [5.74, 6) is 0.880. The van der Waals surface area contributed by atoms with Crippen molar-refractivity contribution in [2.24, 2.45) is 7.05 Å². The van der Waals surface area contributed by atoms with E-state index >= 15 is 0 Å². The smallest absolute Gasteiger partial charge is 0.266 e. The Bertz CT molecular complexity index is 1340. The fourth-order valence-electron chi connectivity index (χ4n) is 4.29. The number of anilines is 2. The van der Waals surface area contributed by atoms with Crippen LogP contribution in [0.1, 0.15) is 12.0 Å². The first-order valence-electron chi connectivity index (χ1n) is 11.4. The number of likely N-dealkylation sites (tertiary alicyclic amines) is 1. The minimum Gasteiger partial charge on any atom is -0.381 e. The first-order valence-corrected chi connectivity index (χ1v) is 11.4. The molecule has 1 aliphatic rings. The highest BCUT2D eigenvalue weighted by Crippen LogP contribution is 2.31. The van der Waals surface area contributed by atoms with Gasteiger partial charge >= 0.3 is 0 Å². The largest absolute Gasteiger partial charge is 0.381 e. The van der Waals surface area contributed by atoms with Crippen LogP contribution in [0.2, 0.25) is 0 Å². The maximum atomic E-state index is 11.9. The van der Waals surface area contributed by atoms with Crippen LogP contribution in [-0.4, -0.2) is 43.8 Å². The van der Waals surface area contributed by atoms with Gasteiger partial charge in [0, 0.05) is 44.4 Å². The standard InChI is InChI=1S/C26H27N7O/c1-32-22(34)13-12-21(31-32)24-23(19-10-6-3-7-11-19)29-25(27)26(30-24)28-20-14-15-33(17-20)16-18-8-4-2-5-9-18/h2-13,20H,14-17H2,1H3,(H2,27,29)(H,28,30). The van der Waals surface area contributed by atoms with Crippen LogP contribution in [0.4, 0.5) is 11.6 Å². The number of aromatic nitrogens is 4. The maximum absolute atomic E-state index is 11.9. The average Bonchev–Trinajstić information content (AvgIpc) is 3.30. The van der Waals surface area contributed by atoms with Gasteiger partial charge in [0.05, 0.1) is 0 Å². The Morgan fingerprint density at radius 1 is 0.971 bits per heavy atom. The van der Waals surface area contributed by atoms with Gasteiger partial charge in [0.1, 0.15) is 17.1 Å². The zero-order valence-electron chi connectivity index (χ0n) is 19.1. The average molecular weight is 454 g/mol. The van der Waals surface area contributed by atoms with Gasteiger partial charge in [-0.1, -0.05) is 60.7 Å². The quantitative estimate of drug-likeness (QED) is 0.462. The second kappa shape index (κ2) is 9.44. The molecule has 0 amide bonds. The molecule has 2 aromatic heterocycles. The van der Waals surface area contributed by atoms with E-state index in [0.717, 1.165) is 31.6 Å². The number of hydrogen-bond acceptors (Lipinski definition) is 7. The number of benzene rings is 2. The number of rotatable bonds is 6. The third-order valence-electron chi connectivity index (χ3n) is 6.04. The molecule has 1 aliphatic heterocycles. The van der Waals surface area contributed by atoms with Crippen LogP contribution in [0, 0.1) is 0 Å². The predicted molar refractivity (Wildman–Crippen MR) is 134 cm³/mol. The van der Waals surface area contributed by atoms with Crippen LogP contribution in [0.5, 0.6) is 0 Å². The summed E-state index contributed by atoms with van der Waals surface area (Å²) in [6.45, 7) is 2.81. The minimum absolute atomic E-state index is 0.184. The fourth-order valence-corrected chi connectivity index (χ4v) is 4.29. The van der Waals surface area contributed by atoms with Crippen molar-refractivity contribution in [2.75, 3.05) is 24.1 Å². The summed E-state index contributed by atoms with van der Waals surface area (Å²) >= 11 is 0. The van der Waals surface area contributed by atoms with Gasteiger partial charge in [-0.2, -0.15) is 5.10 Å². The Hall–Kier alpha value is -4.04. The van der Waals surface area contributed by atoms with Crippen LogP contribution in [0.15, 0.2) is 77.6 Å². The molecule has 1 atom stereocenters. The number of nitrogen functional groups attached to an aromatic ring is 1. The van der Waals surface area contributed by atoms with Crippen LogP contribution in [0.25, 0.3) is 22.6 Å². The first-order chi connectivity index (χ1) is 16.6. The van der Waals surface area contributed by atoms with Gasteiger partial charge in [0.15, 0.2) is 11.6 Å². The lowest BCUT2D eigenvalue weighted by Gasteiger charge is -2.19. The molecule has 4 aromatic rings. The summed E-state index contributed by atoms with van der Waals surface area (Å²) in [6, 6.07) is 23.6. The highest BCUT2D eigenvalue weighted by molar-refractivity contribution is 5.79. The monoisotopic (exact) mass is 453 g/mol. The number of hydrogen-bond donors (Lipinski definition) is 2. The van der Waals surface area contributed by atoms with Crippen molar-refractivity contribution in [3.05, 3.63) is 88.7 Å². The Morgan fingerprint density at radius 2 is 1.71 bits per heavy atom. The highest BCUT2D eigenvalue weighted by atomic mass is 16.1. The van der Waals surface area contributed by atoms with E-state index < -0.39 is 0 Å². The van der Waals surface area contributed by atoms with Crippen molar-refractivity contribution in [3.8, 4) is 22.6 Å². The number of nitrogens with zero attached hydrogens (tertiary/aromatic N) is 5. The summed E-state index contributed by atoms with van der Waals surface area (Å²) in [5, 5.41) is 7.92. The maximum Gasteiger partial charge on any atom is 0.266 e. The molecule has 1 unspecified atom stereocenters. The molecular weight excluding hydrogens is 426 g/mol. The second-order valence-electron chi connectivity index (χ2n) is 8.55. The van der Waals surface area contributed by atoms with Gasteiger partial charge in [0.25, 0.3) is 5.56 Å². The summed E-state index contributed by atoms with van der Waals surface area (Å²) < 4.78 is 1.30. The van der Waals surface area contributed by atoms with E-state index in [1.54, 1.807) is 13.1 Å². The molecule has 0 spiro atoms.